The van der Waals surface area contributed by atoms with Crippen LogP contribution in [0.15, 0.2) is 91.1 Å². The molecule has 0 aliphatic carbocycles. The first kappa shape index (κ1) is 40.7. The van der Waals surface area contributed by atoms with E-state index in [1.54, 1.807) is 25.6 Å². The molecule has 3 N–H and O–H groups in total. The summed E-state index contributed by atoms with van der Waals surface area (Å²) >= 11 is 1.74. The SMILES string of the molecule is CC/C=C\C/C=C\C/C=C\C/C=C\C/C=C\CCCC(=O)OCC(C)(C)[C@@H](O)C(=O)NCCC(=O)NCCSCc1ccccc1. The van der Waals surface area contributed by atoms with Crippen molar-refractivity contribution in [2.75, 3.05) is 25.4 Å². The van der Waals surface area contributed by atoms with Gasteiger partial charge in [0, 0.05) is 42.9 Å². The van der Waals surface area contributed by atoms with Gasteiger partial charge in [-0.2, -0.15) is 11.8 Å². The summed E-state index contributed by atoms with van der Waals surface area (Å²) in [5.74, 6) is 0.577. The number of hydrogen-bond donors (Lipinski definition) is 3. The molecule has 0 aromatic heterocycles. The van der Waals surface area contributed by atoms with Gasteiger partial charge in [0.15, 0.2) is 0 Å². The molecule has 0 aliphatic heterocycles. The number of unbranched alkanes of at least 4 members (excludes halogenated alkanes) is 1. The molecule has 254 valence electrons. The number of carbonyl (C=O) groups excluding carboxylic acids is 3. The molecule has 1 aromatic rings. The molecule has 1 atom stereocenters. The van der Waals surface area contributed by atoms with Gasteiger partial charge in [0.05, 0.1) is 6.61 Å². The largest absolute Gasteiger partial charge is 0.465 e. The maximum atomic E-state index is 12.4. The Labute approximate surface area is 281 Å². The van der Waals surface area contributed by atoms with Crippen molar-refractivity contribution in [3.8, 4) is 0 Å². The second kappa shape index (κ2) is 26.8. The molecule has 1 aromatic carbocycles. The van der Waals surface area contributed by atoms with Crippen LogP contribution in [0.3, 0.4) is 0 Å². The summed E-state index contributed by atoms with van der Waals surface area (Å²) in [7, 11) is 0. The second-order valence-electron chi connectivity index (χ2n) is 11.6. The van der Waals surface area contributed by atoms with E-state index in [0.29, 0.717) is 13.0 Å². The van der Waals surface area contributed by atoms with Crippen molar-refractivity contribution in [1.82, 2.24) is 10.6 Å². The van der Waals surface area contributed by atoms with Crippen LogP contribution in [0.25, 0.3) is 0 Å². The average Bonchev–Trinajstić information content (AvgIpc) is 3.05. The maximum absolute atomic E-state index is 12.4. The topological polar surface area (TPSA) is 105 Å². The van der Waals surface area contributed by atoms with E-state index in [9.17, 15) is 19.5 Å². The molecule has 8 heteroatoms. The summed E-state index contributed by atoms with van der Waals surface area (Å²) in [6, 6.07) is 10.1. The van der Waals surface area contributed by atoms with Crippen LogP contribution in [0, 0.1) is 5.41 Å². The zero-order valence-corrected chi connectivity index (χ0v) is 28.9. The first-order valence-corrected chi connectivity index (χ1v) is 17.7. The number of ether oxygens (including phenoxy) is 1. The predicted molar refractivity (Wildman–Crippen MR) is 192 cm³/mol. The Hall–Kier alpha value is -3.36. The van der Waals surface area contributed by atoms with E-state index in [-0.39, 0.29) is 37.9 Å². The lowest BCUT2D eigenvalue weighted by atomic mass is 9.87. The Morgan fingerprint density at radius 2 is 1.41 bits per heavy atom. The van der Waals surface area contributed by atoms with Crippen molar-refractivity contribution in [2.45, 2.75) is 90.4 Å². The van der Waals surface area contributed by atoms with Crippen molar-refractivity contribution in [2.24, 2.45) is 5.41 Å². The van der Waals surface area contributed by atoms with Crippen molar-refractivity contribution >= 4 is 29.5 Å². The molecular formula is C38H56N2O5S. The number of rotatable bonds is 25. The number of hydrogen-bond acceptors (Lipinski definition) is 6. The van der Waals surface area contributed by atoms with Crippen LogP contribution in [0.5, 0.6) is 0 Å². The summed E-state index contributed by atoms with van der Waals surface area (Å²) < 4.78 is 5.35. The first-order chi connectivity index (χ1) is 22.3. The van der Waals surface area contributed by atoms with Crippen LogP contribution in [0.2, 0.25) is 0 Å². The fraction of sp³-hybridized carbons (Fsp3) is 0.500. The van der Waals surface area contributed by atoms with Crippen LogP contribution in [-0.4, -0.2) is 54.4 Å². The van der Waals surface area contributed by atoms with Crippen molar-refractivity contribution in [3.05, 3.63) is 96.7 Å². The zero-order valence-electron chi connectivity index (χ0n) is 28.1. The fourth-order valence-electron chi connectivity index (χ4n) is 4.02. The lowest BCUT2D eigenvalue weighted by Gasteiger charge is -2.29. The number of aliphatic hydroxyl groups is 1. The molecule has 0 unspecified atom stereocenters. The maximum Gasteiger partial charge on any atom is 0.305 e. The van der Waals surface area contributed by atoms with Crippen molar-refractivity contribution in [1.29, 1.82) is 0 Å². The number of aliphatic hydroxyl groups excluding tert-OH is 1. The number of carbonyl (C=O) groups is 3. The van der Waals surface area contributed by atoms with Crippen LogP contribution >= 0.6 is 11.8 Å². The van der Waals surface area contributed by atoms with Crippen LogP contribution in [0.4, 0.5) is 0 Å². The highest BCUT2D eigenvalue weighted by molar-refractivity contribution is 7.98. The zero-order chi connectivity index (χ0) is 33.7. The number of amides is 2. The molecule has 1 rings (SSSR count). The number of esters is 1. The summed E-state index contributed by atoms with van der Waals surface area (Å²) in [6.07, 6.45) is 26.8. The molecule has 0 bridgehead atoms. The van der Waals surface area contributed by atoms with Crippen LogP contribution in [0.1, 0.15) is 84.1 Å². The monoisotopic (exact) mass is 652 g/mol. The number of allylic oxidation sites excluding steroid dienone is 10. The van der Waals surface area contributed by atoms with Gasteiger partial charge in [-0.25, -0.2) is 0 Å². The van der Waals surface area contributed by atoms with Gasteiger partial charge in [-0.3, -0.25) is 14.4 Å². The van der Waals surface area contributed by atoms with Gasteiger partial charge in [-0.1, -0.05) is 112 Å². The minimum Gasteiger partial charge on any atom is -0.465 e. The van der Waals surface area contributed by atoms with Crippen LogP contribution in [-0.2, 0) is 24.9 Å². The number of thioether (sulfide) groups is 1. The van der Waals surface area contributed by atoms with E-state index >= 15 is 0 Å². The Morgan fingerprint density at radius 1 is 0.826 bits per heavy atom. The minimum absolute atomic E-state index is 0.0801. The molecule has 7 nitrogen and oxygen atoms in total. The predicted octanol–water partition coefficient (Wildman–Crippen LogP) is 7.39. The normalized spacial score (nSPS) is 13.0. The molecule has 0 saturated heterocycles. The van der Waals surface area contributed by atoms with Gasteiger partial charge < -0.3 is 20.5 Å². The third-order valence-corrected chi connectivity index (χ3v) is 7.86. The highest BCUT2D eigenvalue weighted by atomic mass is 32.2. The highest BCUT2D eigenvalue weighted by Gasteiger charge is 2.34. The van der Waals surface area contributed by atoms with E-state index < -0.39 is 17.4 Å². The van der Waals surface area contributed by atoms with Gasteiger partial charge >= 0.3 is 5.97 Å². The first-order valence-electron chi connectivity index (χ1n) is 16.5. The Kier molecular flexibility index (Phi) is 23.7. The second-order valence-corrected chi connectivity index (χ2v) is 12.7. The van der Waals surface area contributed by atoms with E-state index in [4.69, 9.17) is 4.74 Å². The van der Waals surface area contributed by atoms with Gasteiger partial charge in [-0.05, 0) is 50.5 Å². The molecular weight excluding hydrogens is 596 g/mol. The van der Waals surface area contributed by atoms with Gasteiger partial charge in [0.1, 0.15) is 6.10 Å². The lowest BCUT2D eigenvalue weighted by molar-refractivity contribution is -0.153. The fourth-order valence-corrected chi connectivity index (χ4v) is 4.84. The Morgan fingerprint density at radius 3 is 2.02 bits per heavy atom. The molecule has 46 heavy (non-hydrogen) atoms. The standard InChI is InChI=1S/C38H56N2O5S/c1-4-5-6-7-8-9-10-11-12-13-14-15-16-17-18-19-23-26-35(42)45-32-38(2,3)36(43)37(44)40-28-27-34(41)39-29-30-46-31-33-24-21-20-22-25-33/h5-6,8-9,11-12,14-15,17-18,20-22,24-25,36,43H,4,7,10,13,16,19,23,26-32H2,1-3H3,(H,39,41)(H,40,44)/b6-5-,9-8-,12-11-,15-14-,18-17-/t36-/m0/s1. The molecule has 0 fully saturated rings. The van der Waals surface area contributed by atoms with E-state index in [1.165, 1.54) is 5.56 Å². The van der Waals surface area contributed by atoms with Gasteiger partial charge in [0.2, 0.25) is 11.8 Å². The quantitative estimate of drug-likeness (QED) is 0.0578. The van der Waals surface area contributed by atoms with E-state index in [1.807, 2.05) is 18.2 Å². The minimum atomic E-state index is -1.38. The molecule has 0 radical (unpaired) electrons. The molecule has 2 amide bonds. The van der Waals surface area contributed by atoms with E-state index in [0.717, 1.165) is 50.0 Å². The average molecular weight is 653 g/mol. The third kappa shape index (κ3) is 22.2. The number of benzene rings is 1. The highest BCUT2D eigenvalue weighted by Crippen LogP contribution is 2.22. The van der Waals surface area contributed by atoms with Crippen LogP contribution < -0.4 is 10.6 Å². The molecule has 0 aliphatic rings. The third-order valence-electron chi connectivity index (χ3n) is 6.83. The number of nitrogens with one attached hydrogen (secondary N) is 2. The molecule has 0 spiro atoms. The smallest absolute Gasteiger partial charge is 0.305 e. The summed E-state index contributed by atoms with van der Waals surface area (Å²) in [6.45, 7) is 6.06. The van der Waals surface area contributed by atoms with Gasteiger partial charge in [-0.15, -0.1) is 0 Å². The Balaban J connectivity index is 2.10. The van der Waals surface area contributed by atoms with E-state index in [2.05, 4.69) is 90.5 Å². The Bertz CT molecular complexity index is 1130. The van der Waals surface area contributed by atoms with Crippen molar-refractivity contribution in [3.63, 3.8) is 0 Å². The van der Waals surface area contributed by atoms with Crippen molar-refractivity contribution < 1.29 is 24.2 Å². The van der Waals surface area contributed by atoms with Gasteiger partial charge in [0.25, 0.3) is 0 Å². The molecule has 0 saturated carbocycles. The summed E-state index contributed by atoms with van der Waals surface area (Å²) in [4.78, 5) is 36.7. The summed E-state index contributed by atoms with van der Waals surface area (Å²) in [5.41, 5.74) is 0.275. The summed E-state index contributed by atoms with van der Waals surface area (Å²) in [5, 5.41) is 16.0. The molecule has 0 heterocycles. The lowest BCUT2D eigenvalue weighted by Crippen LogP contribution is -2.47.